The lowest BCUT2D eigenvalue weighted by Gasteiger charge is -2.25. The van der Waals surface area contributed by atoms with Crippen LogP contribution >= 0.6 is 0 Å². The molecule has 14 heavy (non-hydrogen) atoms. The summed E-state index contributed by atoms with van der Waals surface area (Å²) in [6, 6.07) is 0. The quantitative estimate of drug-likeness (QED) is 0.535. The fraction of sp³-hybridized carbons (Fsp3) is 0.429. The molecule has 0 bridgehead atoms. The van der Waals surface area contributed by atoms with Gasteiger partial charge in [0, 0.05) is 5.41 Å². The van der Waals surface area contributed by atoms with Gasteiger partial charge >= 0.3 is 0 Å². The van der Waals surface area contributed by atoms with Gasteiger partial charge in [-0.1, -0.05) is 29.4 Å². The average molecular weight is 184 g/mol. The molecule has 0 heteroatoms. The van der Waals surface area contributed by atoms with E-state index in [1.54, 1.807) is 11.1 Å². The Kier molecular flexibility index (Phi) is 1.36. The number of allylic oxidation sites excluding steroid dienone is 8. The summed E-state index contributed by atoms with van der Waals surface area (Å²) >= 11 is 0. The highest BCUT2D eigenvalue weighted by atomic mass is 14.5. The van der Waals surface area contributed by atoms with Crippen molar-refractivity contribution >= 4 is 0 Å². The zero-order valence-corrected chi connectivity index (χ0v) is 9.15. The van der Waals surface area contributed by atoms with Gasteiger partial charge in [0.1, 0.15) is 0 Å². The summed E-state index contributed by atoms with van der Waals surface area (Å²) in [4.78, 5) is 0. The molecular formula is C14H16. The standard InChI is InChI=1S/C14H16/c1-9-6-12-8-10(2)14(4-5-14)11(3)13(12)7-9/h6-8H,4-5H2,1-3H3. The first-order valence-corrected chi connectivity index (χ1v) is 5.44. The molecule has 0 aromatic heterocycles. The van der Waals surface area contributed by atoms with Crippen LogP contribution < -0.4 is 0 Å². The lowest BCUT2D eigenvalue weighted by Crippen LogP contribution is -2.11. The van der Waals surface area contributed by atoms with Crippen molar-refractivity contribution in [2.75, 3.05) is 0 Å². The number of rotatable bonds is 0. The molecule has 0 unspecified atom stereocenters. The monoisotopic (exact) mass is 184 g/mol. The molecule has 0 saturated heterocycles. The van der Waals surface area contributed by atoms with Gasteiger partial charge in [-0.25, -0.2) is 0 Å². The summed E-state index contributed by atoms with van der Waals surface area (Å²) in [7, 11) is 0. The summed E-state index contributed by atoms with van der Waals surface area (Å²) in [6.45, 7) is 6.80. The van der Waals surface area contributed by atoms with Crippen molar-refractivity contribution in [3.05, 3.63) is 46.1 Å². The molecule has 0 aromatic rings. The van der Waals surface area contributed by atoms with Crippen LogP contribution in [0.15, 0.2) is 46.1 Å². The van der Waals surface area contributed by atoms with Gasteiger partial charge < -0.3 is 0 Å². The van der Waals surface area contributed by atoms with E-state index in [0.717, 1.165) is 0 Å². The Morgan fingerprint density at radius 1 is 1.00 bits per heavy atom. The van der Waals surface area contributed by atoms with Crippen LogP contribution in [-0.2, 0) is 0 Å². The Bertz CT molecular complexity index is 435. The van der Waals surface area contributed by atoms with Crippen molar-refractivity contribution in [1.82, 2.24) is 0 Å². The highest BCUT2D eigenvalue weighted by Gasteiger charge is 2.48. The van der Waals surface area contributed by atoms with Crippen molar-refractivity contribution in [1.29, 1.82) is 0 Å². The van der Waals surface area contributed by atoms with Gasteiger partial charge in [0.25, 0.3) is 0 Å². The van der Waals surface area contributed by atoms with Crippen LogP contribution in [0.5, 0.6) is 0 Å². The van der Waals surface area contributed by atoms with Gasteiger partial charge in [-0.05, 0) is 50.3 Å². The van der Waals surface area contributed by atoms with Crippen molar-refractivity contribution in [2.45, 2.75) is 33.6 Å². The molecule has 0 aromatic carbocycles. The van der Waals surface area contributed by atoms with E-state index in [1.807, 2.05) is 0 Å². The minimum Gasteiger partial charge on any atom is -0.0624 e. The molecule has 3 rings (SSSR count). The lowest BCUT2D eigenvalue weighted by atomic mass is 9.79. The third kappa shape index (κ3) is 0.841. The molecule has 3 aliphatic carbocycles. The van der Waals surface area contributed by atoms with Crippen molar-refractivity contribution in [3.8, 4) is 0 Å². The minimum atomic E-state index is 0.480. The smallest absolute Gasteiger partial charge is 0.0128 e. The first-order chi connectivity index (χ1) is 6.63. The van der Waals surface area contributed by atoms with Gasteiger partial charge in [-0.15, -0.1) is 0 Å². The Morgan fingerprint density at radius 3 is 2.36 bits per heavy atom. The maximum Gasteiger partial charge on any atom is 0.0128 e. The van der Waals surface area contributed by atoms with E-state index >= 15 is 0 Å². The predicted octanol–water partition coefficient (Wildman–Crippen LogP) is 3.93. The molecule has 1 saturated carbocycles. The highest BCUT2D eigenvalue weighted by molar-refractivity contribution is 5.65. The molecule has 0 aliphatic heterocycles. The van der Waals surface area contributed by atoms with Gasteiger partial charge in [0.2, 0.25) is 0 Å². The van der Waals surface area contributed by atoms with E-state index in [1.165, 1.54) is 29.6 Å². The maximum atomic E-state index is 2.39. The SMILES string of the molecule is CC1=CC2=C(C)C3(CC3)C(C)=CC2=C1. The van der Waals surface area contributed by atoms with E-state index in [4.69, 9.17) is 0 Å². The van der Waals surface area contributed by atoms with E-state index in [0.29, 0.717) is 5.41 Å². The molecule has 0 amide bonds. The van der Waals surface area contributed by atoms with E-state index < -0.39 is 0 Å². The molecular weight excluding hydrogens is 168 g/mol. The van der Waals surface area contributed by atoms with Crippen molar-refractivity contribution < 1.29 is 0 Å². The van der Waals surface area contributed by atoms with E-state index in [-0.39, 0.29) is 0 Å². The van der Waals surface area contributed by atoms with Crippen LogP contribution in [0.1, 0.15) is 33.6 Å². The topological polar surface area (TPSA) is 0 Å². The van der Waals surface area contributed by atoms with E-state index in [2.05, 4.69) is 39.0 Å². The molecule has 0 N–H and O–H groups in total. The second-order valence-corrected chi connectivity index (χ2v) is 4.94. The van der Waals surface area contributed by atoms with Gasteiger partial charge in [0.15, 0.2) is 0 Å². The summed E-state index contributed by atoms with van der Waals surface area (Å²) in [5.41, 5.74) is 8.01. The van der Waals surface area contributed by atoms with E-state index in [9.17, 15) is 0 Å². The summed E-state index contributed by atoms with van der Waals surface area (Å²) < 4.78 is 0. The fourth-order valence-corrected chi connectivity index (χ4v) is 2.94. The maximum absolute atomic E-state index is 2.39. The molecule has 72 valence electrons. The van der Waals surface area contributed by atoms with Crippen molar-refractivity contribution in [3.63, 3.8) is 0 Å². The third-order valence-electron chi connectivity index (χ3n) is 4.06. The highest BCUT2D eigenvalue weighted by Crippen LogP contribution is 2.61. The second kappa shape index (κ2) is 2.31. The molecule has 1 fully saturated rings. The molecule has 0 atom stereocenters. The van der Waals surface area contributed by atoms with Crippen LogP contribution in [0.2, 0.25) is 0 Å². The van der Waals surface area contributed by atoms with Gasteiger partial charge in [-0.2, -0.15) is 0 Å². The zero-order chi connectivity index (χ0) is 9.92. The normalized spacial score (nSPS) is 27.2. The Labute approximate surface area is 85.7 Å². The molecule has 1 spiro atoms. The Balaban J connectivity index is 2.21. The summed E-state index contributed by atoms with van der Waals surface area (Å²) in [5, 5.41) is 0. The Morgan fingerprint density at radius 2 is 1.71 bits per heavy atom. The average Bonchev–Trinajstić information content (AvgIpc) is 2.84. The number of hydrogen-bond donors (Lipinski definition) is 0. The van der Waals surface area contributed by atoms with Crippen molar-refractivity contribution in [2.24, 2.45) is 5.41 Å². The summed E-state index contributed by atoms with van der Waals surface area (Å²) in [6.07, 6.45) is 9.77. The third-order valence-corrected chi connectivity index (χ3v) is 4.06. The molecule has 0 nitrogen and oxygen atoms in total. The van der Waals surface area contributed by atoms with Gasteiger partial charge in [0.05, 0.1) is 0 Å². The Hall–Kier alpha value is -1.04. The minimum absolute atomic E-state index is 0.480. The predicted molar refractivity (Wildman–Crippen MR) is 60.0 cm³/mol. The van der Waals surface area contributed by atoms with Gasteiger partial charge in [-0.3, -0.25) is 0 Å². The lowest BCUT2D eigenvalue weighted by molar-refractivity contribution is 0.708. The van der Waals surface area contributed by atoms with Crippen LogP contribution in [-0.4, -0.2) is 0 Å². The van der Waals surface area contributed by atoms with Crippen LogP contribution in [0, 0.1) is 5.41 Å². The number of fused-ring (bicyclic) bond motifs is 1. The number of hydrogen-bond acceptors (Lipinski definition) is 0. The molecule has 0 heterocycles. The fourth-order valence-electron chi connectivity index (χ4n) is 2.94. The molecule has 3 aliphatic rings. The van der Waals surface area contributed by atoms with Crippen LogP contribution in [0.25, 0.3) is 0 Å². The van der Waals surface area contributed by atoms with Crippen LogP contribution in [0.3, 0.4) is 0 Å². The zero-order valence-electron chi connectivity index (χ0n) is 9.15. The second-order valence-electron chi connectivity index (χ2n) is 4.94. The van der Waals surface area contributed by atoms with Crippen LogP contribution in [0.4, 0.5) is 0 Å². The summed E-state index contributed by atoms with van der Waals surface area (Å²) in [5.74, 6) is 0. The first kappa shape index (κ1) is 8.28. The largest absolute Gasteiger partial charge is 0.0624 e. The first-order valence-electron chi connectivity index (χ1n) is 5.44. The molecule has 0 radical (unpaired) electrons.